The van der Waals surface area contributed by atoms with Crippen LogP contribution >= 0.6 is 0 Å². The van der Waals surface area contributed by atoms with Crippen LogP contribution in [0.3, 0.4) is 0 Å². The van der Waals surface area contributed by atoms with Crippen LogP contribution in [0.2, 0.25) is 0 Å². The number of carbonyl (C=O) groups is 2. The van der Waals surface area contributed by atoms with Gasteiger partial charge >= 0.3 is 5.97 Å². The van der Waals surface area contributed by atoms with E-state index in [0.717, 1.165) is 9.99 Å². The van der Waals surface area contributed by atoms with Crippen molar-refractivity contribution >= 4 is 27.6 Å². The molecule has 1 N–H and O–H groups in total. The molecule has 1 aliphatic heterocycles. The Morgan fingerprint density at radius 2 is 1.69 bits per heavy atom. The minimum atomic E-state index is -4.09. The van der Waals surface area contributed by atoms with E-state index >= 15 is 0 Å². The number of anilines is 1. The van der Waals surface area contributed by atoms with Crippen molar-refractivity contribution in [3.8, 4) is 0 Å². The van der Waals surface area contributed by atoms with E-state index in [0.29, 0.717) is 37.6 Å². The van der Waals surface area contributed by atoms with Crippen LogP contribution in [-0.2, 0) is 19.6 Å². The molecular formula is C22H30N4O5S. The third-order valence-corrected chi connectivity index (χ3v) is 7.55. The first-order valence-corrected chi connectivity index (χ1v) is 12.0. The fourth-order valence-electron chi connectivity index (χ4n) is 3.91. The Kier molecular flexibility index (Phi) is 7.25. The number of ether oxygens (including phenoxy) is 1. The topological polar surface area (TPSA) is 103 Å². The van der Waals surface area contributed by atoms with Crippen LogP contribution in [0.4, 0.5) is 5.69 Å². The van der Waals surface area contributed by atoms with Gasteiger partial charge in [-0.1, -0.05) is 18.2 Å². The Bertz CT molecular complexity index is 1070. The van der Waals surface area contributed by atoms with Crippen molar-refractivity contribution < 1.29 is 22.7 Å². The molecule has 0 saturated carbocycles. The van der Waals surface area contributed by atoms with Crippen LogP contribution in [0.25, 0.3) is 0 Å². The Morgan fingerprint density at radius 1 is 1.06 bits per heavy atom. The van der Waals surface area contributed by atoms with E-state index < -0.39 is 16.0 Å². The first kappa shape index (κ1) is 23.8. The molecule has 1 aromatic carbocycles. The molecule has 3 rings (SSSR count). The van der Waals surface area contributed by atoms with Crippen LogP contribution < -0.4 is 4.90 Å². The van der Waals surface area contributed by atoms with Crippen LogP contribution in [0, 0.1) is 13.8 Å². The molecule has 10 heteroatoms. The van der Waals surface area contributed by atoms with E-state index in [1.165, 1.54) is 7.05 Å². The van der Waals surface area contributed by atoms with Crippen molar-refractivity contribution in [2.75, 3.05) is 51.3 Å². The first-order valence-electron chi connectivity index (χ1n) is 10.6. The average molecular weight is 463 g/mol. The third kappa shape index (κ3) is 4.81. The predicted octanol–water partition coefficient (Wildman–Crippen LogP) is 1.78. The lowest BCUT2D eigenvalue weighted by atomic mass is 10.2. The predicted molar refractivity (Wildman–Crippen MR) is 121 cm³/mol. The second-order valence-electron chi connectivity index (χ2n) is 7.76. The number of esters is 1. The largest absolute Gasteiger partial charge is 0.462 e. The zero-order valence-electron chi connectivity index (χ0n) is 18.9. The quantitative estimate of drug-likeness (QED) is 0.629. The summed E-state index contributed by atoms with van der Waals surface area (Å²) in [6.07, 6.45) is 0. The molecule has 1 fully saturated rings. The van der Waals surface area contributed by atoms with Crippen LogP contribution in [0.15, 0.2) is 35.2 Å². The molecule has 1 saturated heterocycles. The molecule has 1 aliphatic rings. The highest BCUT2D eigenvalue weighted by atomic mass is 32.2. The number of likely N-dealkylation sites (N-methyl/N-ethyl adjacent to an activating group) is 1. The van der Waals surface area contributed by atoms with Crippen molar-refractivity contribution in [3.63, 3.8) is 0 Å². The summed E-state index contributed by atoms with van der Waals surface area (Å²) in [6.45, 7) is 7.06. The van der Waals surface area contributed by atoms with Crippen LogP contribution in [0.1, 0.15) is 28.7 Å². The zero-order chi connectivity index (χ0) is 23.5. The molecule has 32 heavy (non-hydrogen) atoms. The van der Waals surface area contributed by atoms with Crippen LogP contribution in [0.5, 0.6) is 0 Å². The lowest BCUT2D eigenvalue weighted by molar-refractivity contribution is -0.131. The average Bonchev–Trinajstić information content (AvgIpc) is 3.09. The summed E-state index contributed by atoms with van der Waals surface area (Å²) >= 11 is 0. The fraction of sp³-hybridized carbons (Fsp3) is 0.455. The fourth-order valence-corrected chi connectivity index (χ4v) is 5.44. The number of benzene rings is 1. The molecule has 9 nitrogen and oxygen atoms in total. The molecule has 1 aromatic heterocycles. The number of H-pyrrole nitrogens is 1. The molecule has 2 aromatic rings. The van der Waals surface area contributed by atoms with Gasteiger partial charge in [0, 0.05) is 50.3 Å². The van der Waals surface area contributed by atoms with Gasteiger partial charge in [0.2, 0.25) is 15.9 Å². The Hall–Kier alpha value is -2.85. The van der Waals surface area contributed by atoms with Gasteiger partial charge in [-0.25, -0.2) is 13.2 Å². The van der Waals surface area contributed by atoms with Gasteiger partial charge in [-0.2, -0.15) is 4.31 Å². The van der Waals surface area contributed by atoms with Gasteiger partial charge in [-0.3, -0.25) is 4.79 Å². The number of carbonyl (C=O) groups excluding carboxylic acids is 2. The number of nitrogens with one attached hydrogen (secondary N) is 1. The highest BCUT2D eigenvalue weighted by Crippen LogP contribution is 2.27. The van der Waals surface area contributed by atoms with E-state index in [-0.39, 0.29) is 29.5 Å². The minimum absolute atomic E-state index is 0.0138. The molecule has 174 valence electrons. The minimum Gasteiger partial charge on any atom is -0.462 e. The van der Waals surface area contributed by atoms with Crippen molar-refractivity contribution in [3.05, 3.63) is 47.3 Å². The number of para-hydroxylation sites is 1. The van der Waals surface area contributed by atoms with Gasteiger partial charge in [0.05, 0.1) is 13.2 Å². The zero-order valence-corrected chi connectivity index (χ0v) is 19.7. The number of nitrogens with zero attached hydrogens (tertiary/aromatic N) is 3. The highest BCUT2D eigenvalue weighted by Gasteiger charge is 2.34. The molecule has 2 heterocycles. The third-order valence-electron chi connectivity index (χ3n) is 5.58. The normalized spacial score (nSPS) is 14.7. The highest BCUT2D eigenvalue weighted by molar-refractivity contribution is 7.89. The summed E-state index contributed by atoms with van der Waals surface area (Å²) in [4.78, 5) is 31.9. The number of aromatic nitrogens is 1. The molecule has 0 aliphatic carbocycles. The summed E-state index contributed by atoms with van der Waals surface area (Å²) in [7, 11) is -2.74. The van der Waals surface area contributed by atoms with Crippen molar-refractivity contribution in [1.29, 1.82) is 0 Å². The molecule has 1 amide bonds. The van der Waals surface area contributed by atoms with Crippen molar-refractivity contribution in [1.82, 2.24) is 14.2 Å². The van der Waals surface area contributed by atoms with E-state index in [1.807, 2.05) is 30.3 Å². The van der Waals surface area contributed by atoms with E-state index in [1.54, 1.807) is 25.7 Å². The molecule has 0 unspecified atom stereocenters. The van der Waals surface area contributed by atoms with Gasteiger partial charge < -0.3 is 19.5 Å². The first-order chi connectivity index (χ1) is 15.2. The smallest absolute Gasteiger partial charge is 0.341 e. The van der Waals surface area contributed by atoms with Crippen molar-refractivity contribution in [2.24, 2.45) is 0 Å². The van der Waals surface area contributed by atoms with Gasteiger partial charge in [-0.05, 0) is 32.9 Å². The van der Waals surface area contributed by atoms with Gasteiger partial charge in [0.25, 0.3) is 0 Å². The monoisotopic (exact) mass is 462 g/mol. The summed E-state index contributed by atoms with van der Waals surface area (Å²) < 4.78 is 32.6. The maximum absolute atomic E-state index is 13.3. The molecule has 0 spiro atoms. The van der Waals surface area contributed by atoms with E-state index in [9.17, 15) is 18.0 Å². The molecule has 0 bridgehead atoms. The van der Waals surface area contributed by atoms with Gasteiger partial charge in [-0.15, -0.1) is 0 Å². The molecule has 0 atom stereocenters. The standard InChI is InChI=1S/C22H30N4O5S/c1-5-31-22(28)20-16(2)23-17(3)21(20)32(29,30)24(4)15-19(27)26-13-11-25(12-14-26)18-9-7-6-8-10-18/h6-10,23H,5,11-15H2,1-4H3. The second-order valence-corrected chi connectivity index (χ2v) is 9.75. The van der Waals surface area contributed by atoms with Gasteiger partial charge in [0.1, 0.15) is 10.5 Å². The van der Waals surface area contributed by atoms with Crippen molar-refractivity contribution in [2.45, 2.75) is 25.7 Å². The molecule has 0 radical (unpaired) electrons. The number of hydrogen-bond donors (Lipinski definition) is 1. The number of sulfonamides is 1. The number of hydrogen-bond acceptors (Lipinski definition) is 6. The van der Waals surface area contributed by atoms with Crippen LogP contribution in [-0.4, -0.2) is 80.9 Å². The number of aromatic amines is 1. The number of aryl methyl sites for hydroxylation is 2. The number of rotatable bonds is 7. The summed E-state index contributed by atoms with van der Waals surface area (Å²) in [5.74, 6) is -0.976. The summed E-state index contributed by atoms with van der Waals surface area (Å²) in [6, 6.07) is 9.96. The maximum atomic E-state index is 13.3. The second kappa shape index (κ2) is 9.74. The van der Waals surface area contributed by atoms with E-state index in [2.05, 4.69) is 9.88 Å². The lowest BCUT2D eigenvalue weighted by Crippen LogP contribution is -2.51. The Labute approximate surface area is 189 Å². The lowest BCUT2D eigenvalue weighted by Gasteiger charge is -2.36. The number of piperazine rings is 1. The summed E-state index contributed by atoms with van der Waals surface area (Å²) in [5.41, 5.74) is 1.84. The van der Waals surface area contributed by atoms with Gasteiger partial charge in [0.15, 0.2) is 0 Å². The maximum Gasteiger partial charge on any atom is 0.341 e. The van der Waals surface area contributed by atoms with E-state index in [4.69, 9.17) is 4.74 Å². The SMILES string of the molecule is CCOC(=O)c1c(C)[nH]c(C)c1S(=O)(=O)N(C)CC(=O)N1CCN(c2ccccc2)CC1. The Balaban J connectivity index is 1.70. The number of amides is 1. The summed E-state index contributed by atoms with van der Waals surface area (Å²) in [5, 5.41) is 0. The Morgan fingerprint density at radius 3 is 2.28 bits per heavy atom. The molecular weight excluding hydrogens is 432 g/mol.